The highest BCUT2D eigenvalue weighted by molar-refractivity contribution is 6.12. The van der Waals surface area contributed by atoms with Crippen molar-refractivity contribution in [3.63, 3.8) is 0 Å². The lowest BCUT2D eigenvalue weighted by Gasteiger charge is -2.18. The van der Waals surface area contributed by atoms with Crippen molar-refractivity contribution in [3.8, 4) is 0 Å². The van der Waals surface area contributed by atoms with E-state index in [4.69, 9.17) is 5.73 Å². The van der Waals surface area contributed by atoms with Crippen LogP contribution in [-0.2, 0) is 0 Å². The lowest BCUT2D eigenvalue weighted by atomic mass is 9.98. The van der Waals surface area contributed by atoms with Gasteiger partial charge in [-0.2, -0.15) is 0 Å². The Morgan fingerprint density at radius 3 is 2.85 bits per heavy atom. The SMILES string of the molecule is NCCC1CN(C(=O)c2ncnc3c2ccn3C2CC2)c2ccccc21. The Morgan fingerprint density at radius 2 is 2.04 bits per heavy atom. The first-order valence-electron chi connectivity index (χ1n) is 9.20. The highest BCUT2D eigenvalue weighted by Gasteiger charge is 2.34. The Morgan fingerprint density at radius 1 is 1.19 bits per heavy atom. The lowest BCUT2D eigenvalue weighted by molar-refractivity contribution is 0.0985. The van der Waals surface area contributed by atoms with Crippen molar-refractivity contribution in [1.82, 2.24) is 14.5 Å². The maximum atomic E-state index is 13.4. The summed E-state index contributed by atoms with van der Waals surface area (Å²) < 4.78 is 2.17. The number of fused-ring (bicyclic) bond motifs is 2. The van der Waals surface area contributed by atoms with Gasteiger partial charge in [-0.3, -0.25) is 4.79 Å². The van der Waals surface area contributed by atoms with Crippen molar-refractivity contribution in [3.05, 3.63) is 54.1 Å². The molecule has 2 aromatic heterocycles. The zero-order valence-corrected chi connectivity index (χ0v) is 14.5. The Balaban J connectivity index is 1.55. The summed E-state index contributed by atoms with van der Waals surface area (Å²) in [5, 5.41) is 0.837. The van der Waals surface area contributed by atoms with Crippen molar-refractivity contribution in [2.75, 3.05) is 18.0 Å². The van der Waals surface area contributed by atoms with Crippen molar-refractivity contribution < 1.29 is 4.79 Å². The smallest absolute Gasteiger partial charge is 0.277 e. The molecule has 0 spiro atoms. The van der Waals surface area contributed by atoms with Crippen LogP contribution < -0.4 is 10.6 Å². The summed E-state index contributed by atoms with van der Waals surface area (Å²) in [5.41, 5.74) is 9.30. The molecule has 0 radical (unpaired) electrons. The average Bonchev–Trinajstić information content (AvgIpc) is 3.32. The van der Waals surface area contributed by atoms with E-state index in [0.29, 0.717) is 24.8 Å². The molecule has 26 heavy (non-hydrogen) atoms. The Bertz CT molecular complexity index is 991. The van der Waals surface area contributed by atoms with E-state index in [0.717, 1.165) is 23.1 Å². The molecule has 1 aromatic carbocycles. The first-order valence-corrected chi connectivity index (χ1v) is 9.20. The molecule has 6 heteroatoms. The molecule has 2 aliphatic rings. The molecule has 1 aliphatic heterocycles. The van der Waals surface area contributed by atoms with Crippen LogP contribution in [0.3, 0.4) is 0 Å². The minimum Gasteiger partial charge on any atom is -0.330 e. The molecule has 132 valence electrons. The maximum absolute atomic E-state index is 13.4. The number of anilines is 1. The van der Waals surface area contributed by atoms with Crippen LogP contribution in [0, 0.1) is 0 Å². The zero-order valence-electron chi connectivity index (χ0n) is 14.5. The topological polar surface area (TPSA) is 77.0 Å². The van der Waals surface area contributed by atoms with Crippen molar-refractivity contribution in [2.45, 2.75) is 31.2 Å². The van der Waals surface area contributed by atoms with E-state index < -0.39 is 0 Å². The normalized spacial score (nSPS) is 19.1. The predicted molar refractivity (Wildman–Crippen MR) is 100 cm³/mol. The summed E-state index contributed by atoms with van der Waals surface area (Å²) in [5.74, 6) is 0.228. The molecule has 1 atom stereocenters. The van der Waals surface area contributed by atoms with E-state index in [1.165, 1.54) is 24.7 Å². The molecule has 1 saturated carbocycles. The van der Waals surface area contributed by atoms with Crippen molar-refractivity contribution >= 4 is 22.6 Å². The molecule has 6 nitrogen and oxygen atoms in total. The van der Waals surface area contributed by atoms with Crippen LogP contribution in [0.2, 0.25) is 0 Å². The molecular formula is C20H21N5O. The summed E-state index contributed by atoms with van der Waals surface area (Å²) in [7, 11) is 0. The van der Waals surface area contributed by atoms with Crippen molar-refractivity contribution in [2.24, 2.45) is 5.73 Å². The van der Waals surface area contributed by atoms with Crippen LogP contribution in [0.4, 0.5) is 5.69 Å². The Hall–Kier alpha value is -2.73. The van der Waals surface area contributed by atoms with E-state index in [9.17, 15) is 4.79 Å². The first-order chi connectivity index (χ1) is 12.8. The van der Waals surface area contributed by atoms with Crippen LogP contribution in [0.1, 0.15) is 47.3 Å². The zero-order chi connectivity index (χ0) is 17.7. The fourth-order valence-electron chi connectivity index (χ4n) is 4.05. The number of rotatable bonds is 4. The largest absolute Gasteiger partial charge is 0.330 e. The minimum absolute atomic E-state index is 0.0575. The van der Waals surface area contributed by atoms with E-state index in [1.807, 2.05) is 35.4 Å². The van der Waals surface area contributed by atoms with Gasteiger partial charge in [0.1, 0.15) is 17.7 Å². The van der Waals surface area contributed by atoms with E-state index in [-0.39, 0.29) is 11.8 Å². The molecule has 1 amide bonds. The molecule has 0 saturated heterocycles. The van der Waals surface area contributed by atoms with Gasteiger partial charge in [-0.1, -0.05) is 18.2 Å². The number of hydrogen-bond donors (Lipinski definition) is 1. The number of para-hydroxylation sites is 1. The molecule has 3 heterocycles. The number of aromatic nitrogens is 3. The highest BCUT2D eigenvalue weighted by atomic mass is 16.2. The summed E-state index contributed by atoms with van der Waals surface area (Å²) >= 11 is 0. The first kappa shape index (κ1) is 15.5. The fourth-order valence-corrected chi connectivity index (χ4v) is 4.05. The number of amides is 1. The van der Waals surface area contributed by atoms with Gasteiger partial charge in [0.25, 0.3) is 5.91 Å². The van der Waals surface area contributed by atoms with Crippen molar-refractivity contribution in [1.29, 1.82) is 0 Å². The second kappa shape index (κ2) is 5.92. The van der Waals surface area contributed by atoms with Crippen LogP contribution in [-0.4, -0.2) is 33.5 Å². The molecule has 1 fully saturated rings. The van der Waals surface area contributed by atoms with Gasteiger partial charge in [0.05, 0.1) is 5.39 Å². The second-order valence-electron chi connectivity index (χ2n) is 7.16. The summed E-state index contributed by atoms with van der Waals surface area (Å²) in [6.45, 7) is 1.27. The molecule has 0 bridgehead atoms. The molecule has 1 unspecified atom stereocenters. The molecular weight excluding hydrogens is 326 g/mol. The average molecular weight is 347 g/mol. The van der Waals surface area contributed by atoms with Gasteiger partial charge in [-0.05, 0) is 43.5 Å². The Kier molecular flexibility index (Phi) is 3.53. The maximum Gasteiger partial charge on any atom is 0.277 e. The summed E-state index contributed by atoms with van der Waals surface area (Å²) in [6.07, 6.45) is 6.77. The number of carbonyl (C=O) groups excluding carboxylic acids is 1. The third kappa shape index (κ3) is 2.33. The molecule has 3 aromatic rings. The van der Waals surface area contributed by atoms with Gasteiger partial charge in [0, 0.05) is 30.4 Å². The minimum atomic E-state index is -0.0575. The van der Waals surface area contributed by atoms with Crippen LogP contribution in [0.25, 0.3) is 11.0 Å². The Labute approximate surface area is 151 Å². The number of nitrogens with two attached hydrogens (primary N) is 1. The predicted octanol–water partition coefficient (Wildman–Crippen LogP) is 2.86. The quantitative estimate of drug-likeness (QED) is 0.787. The van der Waals surface area contributed by atoms with E-state index >= 15 is 0 Å². The van der Waals surface area contributed by atoms with Crippen LogP contribution >= 0.6 is 0 Å². The second-order valence-corrected chi connectivity index (χ2v) is 7.16. The van der Waals surface area contributed by atoms with Gasteiger partial charge in [-0.25, -0.2) is 9.97 Å². The van der Waals surface area contributed by atoms with Crippen LogP contribution in [0.15, 0.2) is 42.9 Å². The van der Waals surface area contributed by atoms with E-state index in [2.05, 4.69) is 20.6 Å². The van der Waals surface area contributed by atoms with Crippen LogP contribution in [0.5, 0.6) is 0 Å². The number of hydrogen-bond acceptors (Lipinski definition) is 4. The molecule has 2 N–H and O–H groups in total. The summed E-state index contributed by atoms with van der Waals surface area (Å²) in [6, 6.07) is 10.6. The van der Waals surface area contributed by atoms with Gasteiger partial charge in [0.2, 0.25) is 0 Å². The standard InChI is InChI=1S/C20H21N5O/c21-9-7-13-11-25(17-4-2-1-3-15(13)17)20(26)18-16-8-10-24(14-5-6-14)19(16)23-12-22-18/h1-4,8,10,12-14H,5-7,9,11,21H2. The highest BCUT2D eigenvalue weighted by Crippen LogP contribution is 2.40. The molecule has 5 rings (SSSR count). The number of benzene rings is 1. The third-order valence-electron chi connectivity index (χ3n) is 5.48. The monoisotopic (exact) mass is 347 g/mol. The fraction of sp³-hybridized carbons (Fsp3) is 0.350. The van der Waals surface area contributed by atoms with Gasteiger partial charge < -0.3 is 15.2 Å². The number of nitrogens with zero attached hydrogens (tertiary/aromatic N) is 4. The third-order valence-corrected chi connectivity index (χ3v) is 5.48. The lowest BCUT2D eigenvalue weighted by Crippen LogP contribution is -2.31. The number of carbonyl (C=O) groups is 1. The van der Waals surface area contributed by atoms with Gasteiger partial charge >= 0.3 is 0 Å². The molecule has 1 aliphatic carbocycles. The van der Waals surface area contributed by atoms with Gasteiger partial charge in [-0.15, -0.1) is 0 Å². The summed E-state index contributed by atoms with van der Waals surface area (Å²) in [4.78, 5) is 24.0. The van der Waals surface area contributed by atoms with E-state index in [1.54, 1.807) is 0 Å². The van der Waals surface area contributed by atoms with Gasteiger partial charge in [0.15, 0.2) is 0 Å².